The summed E-state index contributed by atoms with van der Waals surface area (Å²) in [4.78, 5) is 32.7. The summed E-state index contributed by atoms with van der Waals surface area (Å²) >= 11 is 1.49. The van der Waals surface area contributed by atoms with Crippen LogP contribution in [0.2, 0.25) is 0 Å². The van der Waals surface area contributed by atoms with Gasteiger partial charge in [-0.2, -0.15) is 0 Å². The van der Waals surface area contributed by atoms with Gasteiger partial charge in [0.15, 0.2) is 0 Å². The van der Waals surface area contributed by atoms with Crippen LogP contribution >= 0.6 is 11.3 Å². The molecule has 202 valence electrons. The van der Waals surface area contributed by atoms with Crippen molar-refractivity contribution in [2.24, 2.45) is 0 Å². The molecule has 0 saturated carbocycles. The van der Waals surface area contributed by atoms with Gasteiger partial charge in [0, 0.05) is 42.6 Å². The summed E-state index contributed by atoms with van der Waals surface area (Å²) in [7, 11) is 3.18. The van der Waals surface area contributed by atoms with Gasteiger partial charge in [-0.25, -0.2) is 4.98 Å². The van der Waals surface area contributed by atoms with Crippen molar-refractivity contribution in [1.29, 1.82) is 0 Å². The SMILES string of the molecule is COc1cc(CNC(=O)c2csc(C3CCN(C(=O)c4c(-c5ccccc5)noc4C)CC3)n2)cc(OC)c1. The van der Waals surface area contributed by atoms with E-state index in [-0.39, 0.29) is 17.7 Å². The molecule has 2 aromatic carbocycles. The minimum Gasteiger partial charge on any atom is -0.497 e. The second-order valence-electron chi connectivity index (χ2n) is 9.37. The van der Waals surface area contributed by atoms with Gasteiger partial charge in [-0.15, -0.1) is 11.3 Å². The number of carbonyl (C=O) groups excluding carboxylic acids is 2. The molecule has 0 atom stereocenters. The lowest BCUT2D eigenvalue weighted by Crippen LogP contribution is -2.38. The maximum absolute atomic E-state index is 13.4. The first-order chi connectivity index (χ1) is 19.0. The average molecular weight is 547 g/mol. The number of amides is 2. The minimum absolute atomic E-state index is 0.0700. The van der Waals surface area contributed by atoms with Crippen molar-refractivity contribution in [3.05, 3.63) is 81.5 Å². The molecule has 0 aliphatic carbocycles. The molecule has 1 aliphatic heterocycles. The van der Waals surface area contributed by atoms with Crippen molar-refractivity contribution < 1.29 is 23.6 Å². The Balaban J connectivity index is 1.19. The number of hydrogen-bond acceptors (Lipinski definition) is 8. The van der Waals surface area contributed by atoms with Crippen molar-refractivity contribution >= 4 is 23.2 Å². The summed E-state index contributed by atoms with van der Waals surface area (Å²) < 4.78 is 16.0. The number of likely N-dealkylation sites (tertiary alicyclic amines) is 1. The summed E-state index contributed by atoms with van der Waals surface area (Å²) in [6.45, 7) is 3.29. The molecule has 0 unspecified atom stereocenters. The Kier molecular flexibility index (Phi) is 7.92. The predicted molar refractivity (Wildman–Crippen MR) is 147 cm³/mol. The van der Waals surface area contributed by atoms with Crippen LogP contribution in [-0.2, 0) is 6.54 Å². The summed E-state index contributed by atoms with van der Waals surface area (Å²) in [6, 6.07) is 15.1. The molecule has 1 N–H and O–H groups in total. The zero-order chi connectivity index (χ0) is 27.4. The summed E-state index contributed by atoms with van der Waals surface area (Å²) in [6.07, 6.45) is 1.55. The first kappa shape index (κ1) is 26.4. The molecule has 10 heteroatoms. The van der Waals surface area contributed by atoms with Crippen molar-refractivity contribution in [2.45, 2.75) is 32.2 Å². The first-order valence-corrected chi connectivity index (χ1v) is 13.6. The Labute approximate surface area is 230 Å². The van der Waals surface area contributed by atoms with Crippen LogP contribution in [0, 0.1) is 6.92 Å². The summed E-state index contributed by atoms with van der Waals surface area (Å²) in [5.41, 5.74) is 3.21. The number of nitrogens with zero attached hydrogens (tertiary/aromatic N) is 3. The Bertz CT molecular complexity index is 1440. The van der Waals surface area contributed by atoms with E-state index in [1.807, 2.05) is 47.4 Å². The molecule has 0 spiro atoms. The van der Waals surface area contributed by atoms with Crippen molar-refractivity contribution in [2.75, 3.05) is 27.3 Å². The fourth-order valence-electron chi connectivity index (χ4n) is 4.73. The van der Waals surface area contributed by atoms with E-state index in [0.29, 0.717) is 53.8 Å². The number of aromatic nitrogens is 2. The zero-order valence-corrected chi connectivity index (χ0v) is 22.9. The van der Waals surface area contributed by atoms with Gasteiger partial charge >= 0.3 is 0 Å². The smallest absolute Gasteiger partial charge is 0.271 e. The van der Waals surface area contributed by atoms with Gasteiger partial charge in [0.25, 0.3) is 11.8 Å². The predicted octanol–water partition coefficient (Wildman–Crippen LogP) is 5.07. The van der Waals surface area contributed by atoms with Crippen LogP contribution in [0.4, 0.5) is 0 Å². The zero-order valence-electron chi connectivity index (χ0n) is 22.1. The number of carbonyl (C=O) groups is 2. The minimum atomic E-state index is -0.233. The van der Waals surface area contributed by atoms with Crippen LogP contribution in [0.5, 0.6) is 11.5 Å². The molecule has 2 aromatic heterocycles. The van der Waals surface area contributed by atoms with E-state index in [1.54, 1.807) is 32.6 Å². The van der Waals surface area contributed by atoms with E-state index in [0.717, 1.165) is 29.0 Å². The molecular formula is C29H30N4O5S. The van der Waals surface area contributed by atoms with Gasteiger partial charge < -0.3 is 24.2 Å². The van der Waals surface area contributed by atoms with Crippen LogP contribution in [0.15, 0.2) is 58.4 Å². The van der Waals surface area contributed by atoms with Gasteiger partial charge in [-0.05, 0) is 37.5 Å². The molecular weight excluding hydrogens is 516 g/mol. The molecule has 5 rings (SSSR count). The number of hydrogen-bond donors (Lipinski definition) is 1. The highest BCUT2D eigenvalue weighted by Crippen LogP contribution is 2.33. The number of rotatable bonds is 8. The topological polar surface area (TPSA) is 107 Å². The Morgan fingerprint density at radius 3 is 2.44 bits per heavy atom. The lowest BCUT2D eigenvalue weighted by atomic mass is 9.96. The van der Waals surface area contributed by atoms with E-state index in [2.05, 4.69) is 15.5 Å². The van der Waals surface area contributed by atoms with E-state index in [1.165, 1.54) is 11.3 Å². The largest absolute Gasteiger partial charge is 0.497 e. The molecule has 0 bridgehead atoms. The lowest BCUT2D eigenvalue weighted by molar-refractivity contribution is 0.0711. The Hall–Kier alpha value is -4.18. The van der Waals surface area contributed by atoms with Gasteiger partial charge in [0.05, 0.1) is 19.2 Å². The second kappa shape index (κ2) is 11.7. The Morgan fingerprint density at radius 1 is 1.08 bits per heavy atom. The number of aryl methyl sites for hydroxylation is 1. The summed E-state index contributed by atoms with van der Waals surface area (Å²) in [5.74, 6) is 1.73. The third-order valence-electron chi connectivity index (χ3n) is 6.87. The molecule has 3 heterocycles. The molecule has 39 heavy (non-hydrogen) atoms. The second-order valence-corrected chi connectivity index (χ2v) is 10.3. The fraction of sp³-hybridized carbons (Fsp3) is 0.310. The third-order valence-corrected chi connectivity index (χ3v) is 7.88. The van der Waals surface area contributed by atoms with Gasteiger partial charge in [0.1, 0.15) is 34.2 Å². The maximum Gasteiger partial charge on any atom is 0.271 e. The van der Waals surface area contributed by atoms with Crippen LogP contribution in [0.1, 0.15) is 55.9 Å². The first-order valence-electron chi connectivity index (χ1n) is 12.7. The molecule has 9 nitrogen and oxygen atoms in total. The lowest BCUT2D eigenvalue weighted by Gasteiger charge is -2.31. The van der Waals surface area contributed by atoms with E-state index in [9.17, 15) is 9.59 Å². The Morgan fingerprint density at radius 2 is 1.77 bits per heavy atom. The van der Waals surface area contributed by atoms with Gasteiger partial charge in [0.2, 0.25) is 0 Å². The van der Waals surface area contributed by atoms with Gasteiger partial charge in [-0.3, -0.25) is 9.59 Å². The fourth-order valence-corrected chi connectivity index (χ4v) is 5.70. The molecule has 4 aromatic rings. The standard InChI is InChI=1S/C29H30N4O5S/c1-18-25(26(32-38-18)20-7-5-4-6-8-20)29(35)33-11-9-21(10-12-33)28-31-24(17-39-28)27(34)30-16-19-13-22(36-2)15-23(14-19)37-3/h4-8,13-15,17,21H,9-12,16H2,1-3H3,(H,30,34). The number of ether oxygens (including phenoxy) is 2. The number of methoxy groups -OCH3 is 2. The molecule has 1 aliphatic rings. The van der Waals surface area contributed by atoms with Crippen molar-refractivity contribution in [3.8, 4) is 22.8 Å². The number of piperidine rings is 1. The highest BCUT2D eigenvalue weighted by Gasteiger charge is 2.31. The highest BCUT2D eigenvalue weighted by atomic mass is 32.1. The van der Waals surface area contributed by atoms with Crippen LogP contribution in [0.3, 0.4) is 0 Å². The average Bonchev–Trinajstić information content (AvgIpc) is 3.63. The third kappa shape index (κ3) is 5.80. The molecule has 1 fully saturated rings. The van der Waals surface area contributed by atoms with Crippen LogP contribution in [-0.4, -0.2) is 54.2 Å². The van der Waals surface area contributed by atoms with Crippen LogP contribution < -0.4 is 14.8 Å². The number of thiazole rings is 1. The van der Waals surface area contributed by atoms with E-state index in [4.69, 9.17) is 14.0 Å². The normalized spacial score (nSPS) is 13.8. The molecule has 2 amide bonds. The highest BCUT2D eigenvalue weighted by molar-refractivity contribution is 7.09. The number of benzene rings is 2. The monoisotopic (exact) mass is 546 g/mol. The molecule has 0 radical (unpaired) electrons. The van der Waals surface area contributed by atoms with E-state index >= 15 is 0 Å². The van der Waals surface area contributed by atoms with Crippen molar-refractivity contribution in [1.82, 2.24) is 20.4 Å². The summed E-state index contributed by atoms with van der Waals surface area (Å²) in [5, 5.41) is 9.79. The quantitative estimate of drug-likeness (QED) is 0.329. The van der Waals surface area contributed by atoms with E-state index < -0.39 is 0 Å². The maximum atomic E-state index is 13.4. The van der Waals surface area contributed by atoms with Crippen molar-refractivity contribution in [3.63, 3.8) is 0 Å². The molecule has 1 saturated heterocycles. The number of nitrogens with one attached hydrogen (secondary N) is 1. The van der Waals surface area contributed by atoms with Crippen LogP contribution in [0.25, 0.3) is 11.3 Å². The van der Waals surface area contributed by atoms with Gasteiger partial charge in [-0.1, -0.05) is 35.5 Å².